The van der Waals surface area contributed by atoms with Crippen molar-refractivity contribution < 1.29 is 14.3 Å². The predicted octanol–water partition coefficient (Wildman–Crippen LogP) is 2.11. The highest BCUT2D eigenvalue weighted by Crippen LogP contribution is 2.87. The van der Waals surface area contributed by atoms with Gasteiger partial charge in [0.15, 0.2) is 5.78 Å². The van der Waals surface area contributed by atoms with Gasteiger partial charge < -0.3 is 4.74 Å². The summed E-state index contributed by atoms with van der Waals surface area (Å²) in [6.07, 6.45) is 5.72. The number of fused-ring (bicyclic) bond motifs is 2. The van der Waals surface area contributed by atoms with Crippen LogP contribution in [-0.4, -0.2) is 17.9 Å². The van der Waals surface area contributed by atoms with E-state index in [9.17, 15) is 9.59 Å². The number of esters is 1. The van der Waals surface area contributed by atoms with E-state index in [4.69, 9.17) is 4.74 Å². The highest BCUT2D eigenvalue weighted by molar-refractivity contribution is 6.04. The topological polar surface area (TPSA) is 43.4 Å². The summed E-state index contributed by atoms with van der Waals surface area (Å²) >= 11 is 0. The zero-order valence-electron chi connectivity index (χ0n) is 11.0. The lowest BCUT2D eigenvalue weighted by Gasteiger charge is -2.34. The Bertz CT molecular complexity index is 522. The minimum absolute atomic E-state index is 0.00264. The number of allylic oxidation sites excluding steroid dienone is 1. The first-order valence-electron chi connectivity index (χ1n) is 6.84. The molecule has 0 aromatic rings. The molecule has 18 heavy (non-hydrogen) atoms. The molecule has 0 radical (unpaired) electrons. The normalized spacial score (nSPS) is 60.1. The van der Waals surface area contributed by atoms with Crippen LogP contribution in [0.2, 0.25) is 0 Å². The van der Waals surface area contributed by atoms with Gasteiger partial charge in [-0.1, -0.05) is 26.8 Å². The fraction of sp³-hybridized carbons (Fsp3) is 0.733. The smallest absolute Gasteiger partial charge is 0.309 e. The first-order chi connectivity index (χ1) is 8.40. The van der Waals surface area contributed by atoms with Gasteiger partial charge in [-0.25, -0.2) is 0 Å². The van der Waals surface area contributed by atoms with E-state index in [1.165, 1.54) is 0 Å². The molecule has 4 rings (SSSR count). The molecule has 0 aromatic carbocycles. The highest BCUT2D eigenvalue weighted by atomic mass is 16.6. The Kier molecular flexibility index (Phi) is 1.55. The molecule has 1 aliphatic heterocycles. The molecular weight excluding hydrogens is 228 g/mol. The first-order valence-corrected chi connectivity index (χ1v) is 6.84. The van der Waals surface area contributed by atoms with Gasteiger partial charge in [0, 0.05) is 16.7 Å². The van der Waals surface area contributed by atoms with Gasteiger partial charge in [0.1, 0.15) is 6.10 Å². The van der Waals surface area contributed by atoms with Gasteiger partial charge in [-0.05, 0) is 24.3 Å². The first kappa shape index (κ1) is 10.8. The molecule has 3 fully saturated rings. The average molecular weight is 246 g/mol. The van der Waals surface area contributed by atoms with Crippen molar-refractivity contribution in [1.82, 2.24) is 0 Å². The average Bonchev–Trinajstić information content (AvgIpc) is 2.56. The van der Waals surface area contributed by atoms with Crippen molar-refractivity contribution in [3.63, 3.8) is 0 Å². The van der Waals surface area contributed by atoms with Crippen LogP contribution in [0.4, 0.5) is 0 Å². The van der Waals surface area contributed by atoms with Crippen molar-refractivity contribution in [3.05, 3.63) is 12.2 Å². The van der Waals surface area contributed by atoms with Crippen LogP contribution in [-0.2, 0) is 14.3 Å². The van der Waals surface area contributed by atoms with E-state index in [2.05, 4.69) is 19.9 Å². The Morgan fingerprint density at radius 2 is 2.06 bits per heavy atom. The molecule has 0 unspecified atom stereocenters. The standard InChI is InChI=1S/C15H18O3/c1-8-9-4-6-13(2)14(3)10(16)5-7-15(13,14)11(9)18-12(8)17/h5,7-9,11H,4,6H2,1-3H3/t8-,9-,11-,13+,14-,15-/m0/s1. The van der Waals surface area contributed by atoms with E-state index in [0.717, 1.165) is 12.8 Å². The van der Waals surface area contributed by atoms with Crippen molar-refractivity contribution in [2.45, 2.75) is 39.7 Å². The molecule has 1 saturated heterocycles. The van der Waals surface area contributed by atoms with Crippen molar-refractivity contribution in [1.29, 1.82) is 0 Å². The Morgan fingerprint density at radius 1 is 1.33 bits per heavy atom. The van der Waals surface area contributed by atoms with Crippen LogP contribution in [0.15, 0.2) is 12.2 Å². The predicted molar refractivity (Wildman–Crippen MR) is 64.6 cm³/mol. The van der Waals surface area contributed by atoms with Crippen LogP contribution in [0.5, 0.6) is 0 Å². The second-order valence-electron chi connectivity index (χ2n) is 6.87. The van der Waals surface area contributed by atoms with Gasteiger partial charge in [0.25, 0.3) is 0 Å². The lowest BCUT2D eigenvalue weighted by atomic mass is 9.70. The third kappa shape index (κ3) is 0.703. The summed E-state index contributed by atoms with van der Waals surface area (Å²) < 4.78 is 5.67. The maximum absolute atomic E-state index is 12.2. The largest absolute Gasteiger partial charge is 0.461 e. The van der Waals surface area contributed by atoms with Crippen molar-refractivity contribution >= 4 is 11.8 Å². The Morgan fingerprint density at radius 3 is 2.78 bits per heavy atom. The van der Waals surface area contributed by atoms with E-state index in [1.54, 1.807) is 6.08 Å². The summed E-state index contributed by atoms with van der Waals surface area (Å²) in [7, 11) is 0. The number of hydrogen-bond donors (Lipinski definition) is 0. The van der Waals surface area contributed by atoms with E-state index >= 15 is 0 Å². The van der Waals surface area contributed by atoms with Crippen molar-refractivity contribution in [2.75, 3.05) is 0 Å². The number of hydrogen-bond acceptors (Lipinski definition) is 3. The molecule has 0 bridgehead atoms. The highest BCUT2D eigenvalue weighted by Gasteiger charge is 2.90. The second-order valence-corrected chi connectivity index (χ2v) is 6.87. The molecular formula is C15H18O3. The van der Waals surface area contributed by atoms with Gasteiger partial charge in [0.2, 0.25) is 0 Å². The lowest BCUT2D eigenvalue weighted by molar-refractivity contribution is -0.146. The second kappa shape index (κ2) is 2.59. The summed E-state index contributed by atoms with van der Waals surface area (Å²) in [5.41, 5.74) is -0.540. The number of ketones is 1. The van der Waals surface area contributed by atoms with Crippen LogP contribution in [0.1, 0.15) is 33.6 Å². The van der Waals surface area contributed by atoms with Crippen LogP contribution < -0.4 is 0 Å². The SMILES string of the molecule is C[C@@H]1C(=O)O[C@H]2[C@H]1CC[C@]1(C)[C@]3(C)C(=O)C=C[C@]213. The fourth-order valence-corrected chi connectivity index (χ4v) is 5.45. The third-order valence-corrected chi connectivity index (χ3v) is 6.84. The van der Waals surface area contributed by atoms with Crippen LogP contribution in [0, 0.1) is 28.1 Å². The van der Waals surface area contributed by atoms with Gasteiger partial charge >= 0.3 is 5.97 Å². The lowest BCUT2D eigenvalue weighted by Crippen LogP contribution is -2.36. The van der Waals surface area contributed by atoms with E-state index < -0.39 is 0 Å². The minimum atomic E-state index is -0.330. The fourth-order valence-electron chi connectivity index (χ4n) is 5.45. The van der Waals surface area contributed by atoms with E-state index in [0.29, 0.717) is 5.92 Å². The quantitative estimate of drug-likeness (QED) is 0.615. The number of carbonyl (C=O) groups is 2. The molecule has 0 aromatic heterocycles. The molecule has 3 aliphatic carbocycles. The van der Waals surface area contributed by atoms with E-state index in [1.807, 2.05) is 6.92 Å². The van der Waals surface area contributed by atoms with Crippen LogP contribution in [0.25, 0.3) is 0 Å². The summed E-state index contributed by atoms with van der Waals surface area (Å²) in [4.78, 5) is 24.1. The van der Waals surface area contributed by atoms with Crippen molar-refractivity contribution in [2.24, 2.45) is 28.1 Å². The van der Waals surface area contributed by atoms with Gasteiger partial charge in [0.05, 0.1) is 5.92 Å². The van der Waals surface area contributed by atoms with Gasteiger partial charge in [-0.2, -0.15) is 0 Å². The Hall–Kier alpha value is -1.12. The maximum atomic E-state index is 12.2. The molecule has 0 N–H and O–H groups in total. The maximum Gasteiger partial charge on any atom is 0.309 e. The molecule has 4 aliphatic rings. The molecule has 1 heterocycles. The zero-order chi connectivity index (χ0) is 12.9. The molecule has 2 saturated carbocycles. The number of carbonyl (C=O) groups excluding carboxylic acids is 2. The molecule has 6 atom stereocenters. The summed E-state index contributed by atoms with van der Waals surface area (Å²) in [5.74, 6) is 0.428. The number of ether oxygens (including phenoxy) is 1. The Labute approximate surface area is 107 Å². The van der Waals surface area contributed by atoms with Crippen LogP contribution in [0.3, 0.4) is 0 Å². The summed E-state index contributed by atoms with van der Waals surface area (Å²) in [6.45, 7) is 6.22. The summed E-state index contributed by atoms with van der Waals surface area (Å²) in [5, 5.41) is 0. The zero-order valence-corrected chi connectivity index (χ0v) is 11.0. The molecule has 3 heteroatoms. The molecule has 96 valence electrons. The van der Waals surface area contributed by atoms with Crippen LogP contribution >= 0.6 is 0 Å². The molecule has 3 nitrogen and oxygen atoms in total. The monoisotopic (exact) mass is 246 g/mol. The minimum Gasteiger partial charge on any atom is -0.461 e. The van der Waals surface area contributed by atoms with Gasteiger partial charge in [-0.15, -0.1) is 0 Å². The molecule has 1 spiro atoms. The van der Waals surface area contributed by atoms with E-state index in [-0.39, 0.29) is 40.0 Å². The van der Waals surface area contributed by atoms with Gasteiger partial charge in [-0.3, -0.25) is 9.59 Å². The third-order valence-electron chi connectivity index (χ3n) is 6.84. The Balaban J connectivity index is 1.87. The molecule has 0 amide bonds. The van der Waals surface area contributed by atoms with Crippen molar-refractivity contribution in [3.8, 4) is 0 Å². The number of rotatable bonds is 0. The summed E-state index contributed by atoms with van der Waals surface area (Å²) in [6, 6.07) is 0.